The van der Waals surface area contributed by atoms with Crippen LogP contribution in [0.5, 0.6) is 5.75 Å². The van der Waals surface area contributed by atoms with E-state index >= 15 is 0 Å². The van der Waals surface area contributed by atoms with Gasteiger partial charge in [-0.05, 0) is 69.6 Å². The maximum atomic E-state index is 13.9. The van der Waals surface area contributed by atoms with E-state index in [0.29, 0.717) is 64.2 Å². The summed E-state index contributed by atoms with van der Waals surface area (Å²) < 4.78 is 21.1. The zero-order valence-corrected chi connectivity index (χ0v) is 26.9. The second kappa shape index (κ2) is 16.2. The van der Waals surface area contributed by atoms with Crippen LogP contribution in [0, 0.1) is 5.92 Å². The molecule has 0 aromatic heterocycles. The van der Waals surface area contributed by atoms with Crippen molar-refractivity contribution in [3.05, 3.63) is 29.8 Å². The third-order valence-electron chi connectivity index (χ3n) is 8.85. The molecule has 0 unspecified atom stereocenters. The molecule has 0 bridgehead atoms. The minimum absolute atomic E-state index is 0.0978. The van der Waals surface area contributed by atoms with E-state index in [1.807, 2.05) is 4.90 Å². The van der Waals surface area contributed by atoms with Crippen LogP contribution in [0.15, 0.2) is 24.3 Å². The van der Waals surface area contributed by atoms with E-state index in [0.717, 1.165) is 5.56 Å². The predicted octanol–water partition coefficient (Wildman–Crippen LogP) is 0.446. The quantitative estimate of drug-likeness (QED) is 0.195. The lowest BCUT2D eigenvalue weighted by molar-refractivity contribution is -0.134. The Morgan fingerprint density at radius 1 is 0.978 bits per heavy atom. The fraction of sp³-hybridized carbons (Fsp3) is 0.656. The van der Waals surface area contributed by atoms with E-state index in [1.54, 1.807) is 45.2 Å². The van der Waals surface area contributed by atoms with Crippen LogP contribution in [-0.2, 0) is 39.8 Å². The fourth-order valence-electron chi connectivity index (χ4n) is 5.92. The lowest BCUT2D eigenvalue weighted by Crippen LogP contribution is -2.57. The Balaban J connectivity index is 1.43. The monoisotopic (exact) mass is 645 g/mol. The molecule has 4 atom stereocenters. The van der Waals surface area contributed by atoms with Gasteiger partial charge in [0.2, 0.25) is 17.7 Å². The highest BCUT2D eigenvalue weighted by Crippen LogP contribution is 2.33. The lowest BCUT2D eigenvalue weighted by atomic mass is 9.81. The van der Waals surface area contributed by atoms with E-state index in [9.17, 15) is 24.0 Å². The highest BCUT2D eigenvalue weighted by atomic mass is 16.6. The van der Waals surface area contributed by atoms with Crippen molar-refractivity contribution in [3.63, 3.8) is 0 Å². The Morgan fingerprint density at radius 2 is 1.61 bits per heavy atom. The largest absolute Gasteiger partial charge is 0.497 e. The smallest absolute Gasteiger partial charge is 0.404 e. The molecule has 3 fully saturated rings. The number of ether oxygens (including phenoxy) is 4. The fourth-order valence-corrected chi connectivity index (χ4v) is 5.92. The van der Waals surface area contributed by atoms with Gasteiger partial charge in [-0.2, -0.15) is 0 Å². The van der Waals surface area contributed by atoms with E-state index in [4.69, 9.17) is 24.7 Å². The molecule has 2 heterocycles. The van der Waals surface area contributed by atoms with Gasteiger partial charge in [-0.15, -0.1) is 0 Å². The number of nitrogens with zero attached hydrogens (tertiary/aromatic N) is 1. The predicted molar refractivity (Wildman–Crippen MR) is 166 cm³/mol. The second-order valence-electron chi connectivity index (χ2n) is 12.6. The molecule has 4 rings (SSSR count). The third-order valence-corrected chi connectivity index (χ3v) is 8.85. The van der Waals surface area contributed by atoms with Gasteiger partial charge < -0.3 is 40.6 Å². The number of hydrogen-bond donors (Lipinski definition) is 4. The van der Waals surface area contributed by atoms with E-state index in [-0.39, 0.29) is 43.3 Å². The average molecular weight is 646 g/mol. The minimum atomic E-state index is -1.04. The Morgan fingerprint density at radius 3 is 2.20 bits per heavy atom. The van der Waals surface area contributed by atoms with Crippen LogP contribution >= 0.6 is 0 Å². The van der Waals surface area contributed by atoms with Crippen LogP contribution in [0.25, 0.3) is 0 Å². The zero-order chi connectivity index (χ0) is 33.3. The molecule has 46 heavy (non-hydrogen) atoms. The van der Waals surface area contributed by atoms with Gasteiger partial charge in [0.25, 0.3) is 0 Å². The molecule has 2 aliphatic heterocycles. The summed E-state index contributed by atoms with van der Waals surface area (Å²) in [6.07, 6.45) is 2.07. The van der Waals surface area contributed by atoms with Gasteiger partial charge in [0.05, 0.1) is 39.5 Å². The van der Waals surface area contributed by atoms with Crippen LogP contribution < -0.4 is 26.4 Å². The summed E-state index contributed by atoms with van der Waals surface area (Å²) in [7, 11) is 1.55. The van der Waals surface area contributed by atoms with Crippen LogP contribution in [0.4, 0.5) is 4.79 Å². The summed E-state index contributed by atoms with van der Waals surface area (Å²) in [6, 6.07) is 4.32. The molecule has 3 aliphatic rings. The van der Waals surface area contributed by atoms with Crippen molar-refractivity contribution in [2.75, 3.05) is 46.6 Å². The summed E-state index contributed by atoms with van der Waals surface area (Å²) in [5.41, 5.74) is 4.96. The summed E-state index contributed by atoms with van der Waals surface area (Å²) in [4.78, 5) is 66.4. The molecular formula is C32H47N5O9. The molecule has 0 spiro atoms. The molecule has 1 aromatic carbocycles. The topological polar surface area (TPSA) is 191 Å². The summed E-state index contributed by atoms with van der Waals surface area (Å²) in [5.74, 6) is -0.846. The molecule has 0 radical (unpaired) electrons. The number of morpholine rings is 1. The number of carbonyl (C=O) groups is 5. The number of epoxide rings is 1. The molecule has 14 nitrogen and oxygen atoms in total. The van der Waals surface area contributed by atoms with Gasteiger partial charge in [0, 0.05) is 19.5 Å². The molecule has 2 saturated heterocycles. The number of hydrogen-bond acceptors (Lipinski definition) is 10. The van der Waals surface area contributed by atoms with Crippen molar-refractivity contribution in [1.82, 2.24) is 20.9 Å². The lowest BCUT2D eigenvalue weighted by Gasteiger charge is -2.31. The molecule has 4 amide bonds. The van der Waals surface area contributed by atoms with Crippen molar-refractivity contribution in [2.24, 2.45) is 11.7 Å². The third kappa shape index (κ3) is 10.4. The Kier molecular flexibility index (Phi) is 12.4. The molecule has 14 heteroatoms. The normalized spacial score (nSPS) is 24.8. The average Bonchev–Trinajstić information content (AvgIpc) is 3.79. The molecule has 254 valence electrons. The Bertz CT molecular complexity index is 1220. The van der Waals surface area contributed by atoms with Crippen molar-refractivity contribution in [3.8, 4) is 5.75 Å². The molecule has 1 saturated carbocycles. The maximum Gasteiger partial charge on any atom is 0.404 e. The highest BCUT2D eigenvalue weighted by Gasteiger charge is 2.50. The number of Topliss-reactive ketones (excluding diaryl/α,β-unsaturated/α-hetero) is 1. The van der Waals surface area contributed by atoms with Gasteiger partial charge >= 0.3 is 6.09 Å². The van der Waals surface area contributed by atoms with Gasteiger partial charge in [0.15, 0.2) is 5.78 Å². The highest BCUT2D eigenvalue weighted by molar-refractivity contribution is 5.98. The van der Waals surface area contributed by atoms with E-state index in [2.05, 4.69) is 16.0 Å². The number of carbonyl (C=O) groups excluding carboxylic acids is 5. The van der Waals surface area contributed by atoms with Gasteiger partial charge in [-0.25, -0.2) is 4.79 Å². The van der Waals surface area contributed by atoms with E-state index in [1.165, 1.54) is 0 Å². The first-order valence-corrected chi connectivity index (χ1v) is 15.9. The number of nitrogens with one attached hydrogen (secondary N) is 3. The van der Waals surface area contributed by atoms with Crippen LogP contribution in [-0.4, -0.2) is 111 Å². The SMILES string of the molecule is COc1ccc(C[C@H](NC(=O)[C@H](C)NC(=O)CN2CCOCC2)C(=O)N[C@@H](CC2CCC(OC(N)=O)CC2)C(=O)[C@@]2(C)CO2)cc1. The first-order chi connectivity index (χ1) is 22.0. The van der Waals surface area contributed by atoms with Gasteiger partial charge in [-0.3, -0.25) is 24.1 Å². The number of nitrogens with two attached hydrogens (primary N) is 1. The number of benzene rings is 1. The molecular weight excluding hydrogens is 598 g/mol. The summed E-state index contributed by atoms with van der Waals surface area (Å²) in [5, 5.41) is 8.43. The molecule has 1 aromatic rings. The number of primary amides is 1. The number of rotatable bonds is 15. The Labute approximate surface area is 269 Å². The van der Waals surface area contributed by atoms with Crippen molar-refractivity contribution in [1.29, 1.82) is 0 Å². The Hall–Kier alpha value is -3.75. The number of methoxy groups -OCH3 is 1. The summed E-state index contributed by atoms with van der Waals surface area (Å²) >= 11 is 0. The van der Waals surface area contributed by atoms with Crippen molar-refractivity contribution in [2.45, 2.75) is 82.2 Å². The maximum absolute atomic E-state index is 13.9. The molecule has 1 aliphatic carbocycles. The zero-order valence-electron chi connectivity index (χ0n) is 26.9. The van der Waals surface area contributed by atoms with Crippen LogP contribution in [0.1, 0.15) is 51.5 Å². The van der Waals surface area contributed by atoms with Gasteiger partial charge in [-0.1, -0.05) is 12.1 Å². The van der Waals surface area contributed by atoms with E-state index < -0.39 is 41.6 Å². The van der Waals surface area contributed by atoms with Crippen molar-refractivity contribution < 1.29 is 42.9 Å². The second-order valence-corrected chi connectivity index (χ2v) is 12.6. The van der Waals surface area contributed by atoms with Crippen molar-refractivity contribution >= 4 is 29.6 Å². The standard InChI is InChI=1S/C32H47N5O9/c1-20(34-27(38)18-37-12-14-44-15-13-37)29(40)36-26(17-22-4-8-23(43-3)9-5-22)30(41)35-25(28(39)32(2)19-45-32)16-21-6-10-24(11-7-21)46-31(33)42/h4-5,8-9,20-21,24-26H,6-7,10-19H2,1-3H3,(H2,33,42)(H,34,38)(H,35,41)(H,36,40)/t20-,21?,24?,25-,26-,32+/m0/s1. The first kappa shape index (κ1) is 35.1. The number of amides is 4. The van der Waals surface area contributed by atoms with Crippen LogP contribution in [0.2, 0.25) is 0 Å². The summed E-state index contributed by atoms with van der Waals surface area (Å²) in [6.45, 7) is 6.02. The first-order valence-electron chi connectivity index (χ1n) is 15.9. The minimum Gasteiger partial charge on any atom is -0.497 e. The number of ketones is 1. The van der Waals surface area contributed by atoms with Gasteiger partial charge in [0.1, 0.15) is 29.5 Å². The molecule has 5 N–H and O–H groups in total. The van der Waals surface area contributed by atoms with Crippen LogP contribution in [0.3, 0.4) is 0 Å².